The Labute approximate surface area is 188 Å². The van der Waals surface area contributed by atoms with Gasteiger partial charge < -0.3 is 24.8 Å². The number of piperazine rings is 1. The van der Waals surface area contributed by atoms with Crippen molar-refractivity contribution in [2.24, 2.45) is 0 Å². The number of benzene rings is 3. The molecule has 1 saturated heterocycles. The van der Waals surface area contributed by atoms with Gasteiger partial charge in [-0.3, -0.25) is 0 Å². The highest BCUT2D eigenvalue weighted by molar-refractivity contribution is 5.85. The molecule has 6 nitrogen and oxygen atoms in total. The second-order valence-corrected chi connectivity index (χ2v) is 8.75. The first-order chi connectivity index (χ1) is 15.5. The molecular weight excluding hydrogens is 398 g/mol. The van der Waals surface area contributed by atoms with E-state index in [9.17, 15) is 5.11 Å². The number of anilines is 2. The quantitative estimate of drug-likeness (QED) is 0.505. The maximum Gasteiger partial charge on any atom is 0.142 e. The van der Waals surface area contributed by atoms with Crippen LogP contribution in [0, 0.1) is 0 Å². The molecule has 4 aromatic rings. The fraction of sp³-hybridized carbons (Fsp3) is 0.269. The summed E-state index contributed by atoms with van der Waals surface area (Å²) < 4.78 is 0. The first-order valence-corrected chi connectivity index (χ1v) is 11.0. The molecule has 1 aliphatic heterocycles. The number of hydrogen-bond acceptors (Lipinski definition) is 5. The number of fused-ring (bicyclic) bond motifs is 1. The molecule has 6 heteroatoms. The van der Waals surface area contributed by atoms with Crippen molar-refractivity contribution in [3.8, 4) is 28.3 Å². The van der Waals surface area contributed by atoms with Crippen LogP contribution in [0.4, 0.5) is 11.4 Å². The molecule has 0 saturated carbocycles. The van der Waals surface area contributed by atoms with Crippen molar-refractivity contribution in [1.82, 2.24) is 14.9 Å². The Hall–Kier alpha value is -3.51. The molecule has 0 atom stereocenters. The number of rotatable bonds is 4. The van der Waals surface area contributed by atoms with Crippen LogP contribution in [-0.4, -0.2) is 67.3 Å². The SMILES string of the molecule is CN1CCN(c2ccc3nc(-c4cc(-c5ccc(N(C)C)cc5)ccc4O)[nH]c3c2)CC1. The zero-order valence-corrected chi connectivity index (χ0v) is 18.8. The minimum atomic E-state index is 0.219. The van der Waals surface area contributed by atoms with Gasteiger partial charge in [0.15, 0.2) is 0 Å². The third-order valence-corrected chi connectivity index (χ3v) is 6.30. The lowest BCUT2D eigenvalue weighted by Gasteiger charge is -2.34. The second-order valence-electron chi connectivity index (χ2n) is 8.75. The highest BCUT2D eigenvalue weighted by atomic mass is 16.3. The summed E-state index contributed by atoms with van der Waals surface area (Å²) in [4.78, 5) is 15.0. The molecule has 0 unspecified atom stereocenters. The molecule has 1 fully saturated rings. The number of H-pyrrole nitrogens is 1. The van der Waals surface area contributed by atoms with Crippen LogP contribution in [0.3, 0.4) is 0 Å². The summed E-state index contributed by atoms with van der Waals surface area (Å²) >= 11 is 0. The standard InChI is InChI=1S/C26H29N5O/c1-29(2)20-7-4-18(5-8-20)19-6-11-25(32)22(16-19)26-27-23-10-9-21(17-24(23)28-26)31-14-12-30(3)13-15-31/h4-11,16-17,32H,12-15H2,1-3H3,(H,27,28). The van der Waals surface area contributed by atoms with E-state index in [-0.39, 0.29) is 5.75 Å². The lowest BCUT2D eigenvalue weighted by Crippen LogP contribution is -2.44. The van der Waals surface area contributed by atoms with Gasteiger partial charge in [-0.2, -0.15) is 0 Å². The van der Waals surface area contributed by atoms with Crippen LogP contribution >= 0.6 is 0 Å². The minimum Gasteiger partial charge on any atom is -0.507 e. The predicted molar refractivity (Wildman–Crippen MR) is 133 cm³/mol. The van der Waals surface area contributed by atoms with Gasteiger partial charge in [0, 0.05) is 51.6 Å². The van der Waals surface area contributed by atoms with Crippen LogP contribution in [0.25, 0.3) is 33.5 Å². The molecule has 0 spiro atoms. The number of aromatic amines is 1. The van der Waals surface area contributed by atoms with E-state index in [2.05, 4.69) is 69.2 Å². The van der Waals surface area contributed by atoms with Crippen LogP contribution in [0.5, 0.6) is 5.75 Å². The number of nitrogens with one attached hydrogen (secondary N) is 1. The Balaban J connectivity index is 1.47. The van der Waals surface area contributed by atoms with Gasteiger partial charge in [0.05, 0.1) is 16.6 Å². The van der Waals surface area contributed by atoms with E-state index in [1.54, 1.807) is 6.07 Å². The van der Waals surface area contributed by atoms with Gasteiger partial charge in [-0.1, -0.05) is 18.2 Å². The summed E-state index contributed by atoms with van der Waals surface area (Å²) in [5, 5.41) is 10.6. The van der Waals surface area contributed by atoms with Gasteiger partial charge in [0.2, 0.25) is 0 Å². The minimum absolute atomic E-state index is 0.219. The zero-order chi connectivity index (χ0) is 22.2. The van der Waals surface area contributed by atoms with E-state index in [0.29, 0.717) is 11.4 Å². The molecule has 164 valence electrons. The number of phenolic OH excluding ortho intramolecular Hbond substituents is 1. The molecule has 2 heterocycles. The van der Waals surface area contributed by atoms with Gasteiger partial charge >= 0.3 is 0 Å². The topological polar surface area (TPSA) is 58.6 Å². The summed E-state index contributed by atoms with van der Waals surface area (Å²) in [5.41, 5.74) is 7.10. The Morgan fingerprint density at radius 3 is 2.31 bits per heavy atom. The van der Waals surface area contributed by atoms with Crippen molar-refractivity contribution < 1.29 is 5.11 Å². The van der Waals surface area contributed by atoms with Crippen LogP contribution in [0.15, 0.2) is 60.7 Å². The van der Waals surface area contributed by atoms with Crippen LogP contribution in [-0.2, 0) is 0 Å². The van der Waals surface area contributed by atoms with E-state index >= 15 is 0 Å². The number of imidazole rings is 1. The normalized spacial score (nSPS) is 14.8. The first-order valence-electron chi connectivity index (χ1n) is 11.0. The zero-order valence-electron chi connectivity index (χ0n) is 18.8. The molecule has 0 aliphatic carbocycles. The molecule has 2 N–H and O–H groups in total. The van der Waals surface area contributed by atoms with Crippen LogP contribution < -0.4 is 9.80 Å². The van der Waals surface area contributed by atoms with Crippen molar-refractivity contribution >= 4 is 22.4 Å². The van der Waals surface area contributed by atoms with E-state index in [0.717, 1.165) is 54.0 Å². The summed E-state index contributed by atoms with van der Waals surface area (Å²) in [7, 11) is 6.23. The molecule has 0 radical (unpaired) electrons. The Morgan fingerprint density at radius 2 is 1.59 bits per heavy atom. The lowest BCUT2D eigenvalue weighted by atomic mass is 10.0. The van der Waals surface area contributed by atoms with Crippen LogP contribution in [0.2, 0.25) is 0 Å². The highest BCUT2D eigenvalue weighted by Crippen LogP contribution is 2.34. The second kappa shape index (κ2) is 8.20. The molecule has 1 aliphatic rings. The molecular formula is C26H29N5O. The van der Waals surface area contributed by atoms with Gasteiger partial charge in [-0.25, -0.2) is 4.98 Å². The maximum atomic E-state index is 10.6. The van der Waals surface area contributed by atoms with Gasteiger partial charge in [0.25, 0.3) is 0 Å². The van der Waals surface area contributed by atoms with Gasteiger partial charge in [-0.15, -0.1) is 0 Å². The number of nitrogens with zero attached hydrogens (tertiary/aromatic N) is 4. The van der Waals surface area contributed by atoms with E-state index in [1.165, 1.54) is 5.69 Å². The highest BCUT2D eigenvalue weighted by Gasteiger charge is 2.16. The van der Waals surface area contributed by atoms with Crippen LogP contribution in [0.1, 0.15) is 0 Å². The summed E-state index contributed by atoms with van der Waals surface area (Å²) in [5.74, 6) is 0.900. The van der Waals surface area contributed by atoms with Crippen molar-refractivity contribution in [3.63, 3.8) is 0 Å². The smallest absolute Gasteiger partial charge is 0.142 e. The summed E-state index contributed by atoms with van der Waals surface area (Å²) in [6, 6.07) is 20.5. The molecule has 3 aromatic carbocycles. The molecule has 32 heavy (non-hydrogen) atoms. The van der Waals surface area contributed by atoms with E-state index in [4.69, 9.17) is 4.98 Å². The van der Waals surface area contributed by atoms with Gasteiger partial charge in [-0.05, 0) is 60.6 Å². The number of likely N-dealkylation sites (N-methyl/N-ethyl adjacent to an activating group) is 1. The average Bonchev–Trinajstić information content (AvgIpc) is 3.23. The summed E-state index contributed by atoms with van der Waals surface area (Å²) in [6.07, 6.45) is 0. The molecule has 0 bridgehead atoms. The molecule has 0 amide bonds. The first kappa shape index (κ1) is 20.4. The molecule has 5 rings (SSSR count). The Kier molecular flexibility index (Phi) is 5.23. The third-order valence-electron chi connectivity index (χ3n) is 6.30. The number of aromatic nitrogens is 2. The fourth-order valence-electron chi connectivity index (χ4n) is 4.24. The average molecular weight is 428 g/mol. The van der Waals surface area contributed by atoms with Crippen molar-refractivity contribution in [2.75, 3.05) is 57.1 Å². The Morgan fingerprint density at radius 1 is 0.875 bits per heavy atom. The van der Waals surface area contributed by atoms with Crippen molar-refractivity contribution in [1.29, 1.82) is 0 Å². The third kappa shape index (κ3) is 3.89. The van der Waals surface area contributed by atoms with Gasteiger partial charge in [0.1, 0.15) is 11.6 Å². The van der Waals surface area contributed by atoms with Crippen molar-refractivity contribution in [2.45, 2.75) is 0 Å². The monoisotopic (exact) mass is 427 g/mol. The number of phenols is 1. The lowest BCUT2D eigenvalue weighted by molar-refractivity contribution is 0.313. The van der Waals surface area contributed by atoms with E-state index in [1.807, 2.05) is 26.2 Å². The van der Waals surface area contributed by atoms with E-state index < -0.39 is 0 Å². The maximum absolute atomic E-state index is 10.6. The largest absolute Gasteiger partial charge is 0.507 e. The predicted octanol–water partition coefficient (Wildman–Crippen LogP) is 4.42. The fourth-order valence-corrected chi connectivity index (χ4v) is 4.24. The summed E-state index contributed by atoms with van der Waals surface area (Å²) in [6.45, 7) is 4.20. The number of aromatic hydroxyl groups is 1. The molecule has 1 aromatic heterocycles. The Bertz CT molecular complexity index is 1240. The van der Waals surface area contributed by atoms with Crippen molar-refractivity contribution in [3.05, 3.63) is 60.7 Å². The number of hydrogen-bond donors (Lipinski definition) is 2.